The molecule has 0 bridgehead atoms. The molecule has 0 fully saturated rings. The topological polar surface area (TPSA) is 28.5 Å². The predicted molar refractivity (Wildman–Crippen MR) is 91.4 cm³/mol. The van der Waals surface area contributed by atoms with Crippen LogP contribution in [0.4, 0.5) is 5.69 Å². The van der Waals surface area contributed by atoms with Gasteiger partial charge in [-0.05, 0) is 49.7 Å². The highest BCUT2D eigenvalue weighted by atomic mass is 32.1. The van der Waals surface area contributed by atoms with Gasteiger partial charge in [0, 0.05) is 26.3 Å². The molecular formula is C17H19N3S. The van der Waals surface area contributed by atoms with E-state index in [0.29, 0.717) is 0 Å². The Balaban J connectivity index is 2.29. The van der Waals surface area contributed by atoms with E-state index in [2.05, 4.69) is 68.2 Å². The zero-order chi connectivity index (χ0) is 15.0. The molecule has 0 aromatic heterocycles. The molecule has 3 nitrogen and oxygen atoms in total. The Kier molecular flexibility index (Phi) is 3.64. The van der Waals surface area contributed by atoms with Gasteiger partial charge >= 0.3 is 0 Å². The fraction of sp³-hybridized carbons (Fsp3) is 0.294. The lowest BCUT2D eigenvalue weighted by Crippen LogP contribution is -2.09. The molecular weight excluding hydrogens is 278 g/mol. The highest BCUT2D eigenvalue weighted by Gasteiger charge is 2.09. The summed E-state index contributed by atoms with van der Waals surface area (Å²) in [4.78, 5) is 12.6. The van der Waals surface area contributed by atoms with Crippen molar-refractivity contribution < 1.29 is 0 Å². The summed E-state index contributed by atoms with van der Waals surface area (Å²) in [6.07, 6.45) is 0. The van der Waals surface area contributed by atoms with Crippen molar-refractivity contribution in [2.75, 3.05) is 25.5 Å². The zero-order valence-corrected chi connectivity index (χ0v) is 13.7. The van der Waals surface area contributed by atoms with Crippen LogP contribution in [0.2, 0.25) is 0 Å². The number of anilines is 1. The van der Waals surface area contributed by atoms with E-state index in [1.54, 1.807) is 11.3 Å². The number of rotatable bonds is 2. The standard InChI is InChI=1S/C17H19N3S/c1-5-18-14-10-17-15(8-11(14)2)19-13-7-6-12(20(3)4)9-16(13)21-17/h6-10H,5H2,1-4H3. The summed E-state index contributed by atoms with van der Waals surface area (Å²) in [5, 5.41) is 1.08. The highest BCUT2D eigenvalue weighted by Crippen LogP contribution is 2.31. The number of aryl methyl sites for hydroxylation is 1. The van der Waals surface area contributed by atoms with E-state index in [1.807, 2.05) is 0 Å². The molecule has 1 aromatic carbocycles. The summed E-state index contributed by atoms with van der Waals surface area (Å²) >= 11 is 1.78. The Labute approximate surface area is 128 Å². The van der Waals surface area contributed by atoms with Crippen molar-refractivity contribution in [1.82, 2.24) is 4.98 Å². The molecule has 108 valence electrons. The smallest absolute Gasteiger partial charge is 0.0813 e. The molecule has 0 spiro atoms. The fourth-order valence-corrected chi connectivity index (χ4v) is 3.39. The van der Waals surface area contributed by atoms with Gasteiger partial charge in [0.25, 0.3) is 0 Å². The minimum atomic E-state index is 0.808. The first-order chi connectivity index (χ1) is 10.1. The Morgan fingerprint density at radius 3 is 2.71 bits per heavy atom. The molecule has 4 heteroatoms. The molecule has 0 saturated carbocycles. The third kappa shape index (κ3) is 2.63. The minimum absolute atomic E-state index is 0.808. The summed E-state index contributed by atoms with van der Waals surface area (Å²) < 4.78 is 1.21. The highest BCUT2D eigenvalue weighted by molar-refractivity contribution is 7.21. The van der Waals surface area contributed by atoms with E-state index in [-0.39, 0.29) is 0 Å². The number of benzene rings is 2. The second-order valence-corrected chi connectivity index (χ2v) is 6.42. The van der Waals surface area contributed by atoms with Crippen LogP contribution in [0, 0.1) is 6.92 Å². The van der Waals surface area contributed by atoms with Crippen LogP contribution in [0.25, 0.3) is 20.8 Å². The first-order valence-electron chi connectivity index (χ1n) is 7.11. The minimum Gasteiger partial charge on any atom is -0.378 e. The van der Waals surface area contributed by atoms with Gasteiger partial charge in [0.1, 0.15) is 0 Å². The van der Waals surface area contributed by atoms with Crippen LogP contribution in [0.3, 0.4) is 0 Å². The van der Waals surface area contributed by atoms with Gasteiger partial charge in [-0.25, -0.2) is 4.98 Å². The van der Waals surface area contributed by atoms with Crippen LogP contribution in [0.15, 0.2) is 35.3 Å². The van der Waals surface area contributed by atoms with Crippen LogP contribution < -0.4 is 10.3 Å². The van der Waals surface area contributed by atoms with E-state index in [1.165, 1.54) is 20.8 Å². The summed E-state index contributed by atoms with van der Waals surface area (Å²) in [6, 6.07) is 10.7. The Morgan fingerprint density at radius 1 is 1.19 bits per heavy atom. The number of aromatic nitrogens is 1. The van der Waals surface area contributed by atoms with Crippen LogP contribution in [0.5, 0.6) is 0 Å². The van der Waals surface area contributed by atoms with Gasteiger partial charge in [-0.2, -0.15) is 0 Å². The number of hydrogen-bond acceptors (Lipinski definition) is 4. The molecule has 1 aliphatic heterocycles. The van der Waals surface area contributed by atoms with Gasteiger partial charge in [0.15, 0.2) is 0 Å². The van der Waals surface area contributed by atoms with Gasteiger partial charge in [-0.15, -0.1) is 11.3 Å². The van der Waals surface area contributed by atoms with Gasteiger partial charge in [-0.1, -0.05) is 0 Å². The molecule has 21 heavy (non-hydrogen) atoms. The molecule has 0 saturated heterocycles. The quantitative estimate of drug-likeness (QED) is 0.675. The van der Waals surface area contributed by atoms with E-state index in [0.717, 1.165) is 23.1 Å². The van der Waals surface area contributed by atoms with Crippen molar-refractivity contribution in [1.29, 1.82) is 0 Å². The number of hydrogen-bond donors (Lipinski definition) is 0. The first kappa shape index (κ1) is 14.0. The SMILES string of the molecule is CCN=c1cc2sc3cc(N(C)C)ccc3nc-2cc1C. The van der Waals surface area contributed by atoms with Gasteiger partial charge in [0.2, 0.25) is 0 Å². The van der Waals surface area contributed by atoms with E-state index in [9.17, 15) is 0 Å². The maximum absolute atomic E-state index is 4.79. The van der Waals surface area contributed by atoms with Crippen molar-refractivity contribution >= 4 is 27.2 Å². The maximum atomic E-state index is 4.79. The molecule has 1 aromatic rings. The Morgan fingerprint density at radius 2 is 2.00 bits per heavy atom. The monoisotopic (exact) mass is 297 g/mol. The molecule has 0 radical (unpaired) electrons. The van der Waals surface area contributed by atoms with Crippen molar-refractivity contribution in [3.63, 3.8) is 0 Å². The summed E-state index contributed by atoms with van der Waals surface area (Å²) in [5.74, 6) is 0. The molecule has 0 unspecified atom stereocenters. The van der Waals surface area contributed by atoms with Gasteiger partial charge in [0.05, 0.1) is 26.1 Å². The lowest BCUT2D eigenvalue weighted by Gasteiger charge is -2.14. The van der Waals surface area contributed by atoms with E-state index in [4.69, 9.17) is 4.98 Å². The molecule has 0 atom stereocenters. The van der Waals surface area contributed by atoms with Crippen molar-refractivity contribution in [3.05, 3.63) is 41.3 Å². The van der Waals surface area contributed by atoms with E-state index >= 15 is 0 Å². The average molecular weight is 297 g/mol. The molecule has 0 N–H and O–H groups in total. The first-order valence-corrected chi connectivity index (χ1v) is 7.93. The van der Waals surface area contributed by atoms with Gasteiger partial charge < -0.3 is 4.90 Å². The Bertz CT molecular complexity index is 833. The summed E-state index contributed by atoms with van der Waals surface area (Å²) in [5.41, 5.74) is 4.49. The van der Waals surface area contributed by atoms with Crippen LogP contribution in [-0.4, -0.2) is 25.6 Å². The maximum Gasteiger partial charge on any atom is 0.0813 e. The second-order valence-electron chi connectivity index (χ2n) is 5.34. The molecule has 3 rings (SSSR count). The lowest BCUT2D eigenvalue weighted by molar-refractivity contribution is 1.05. The normalized spacial score (nSPS) is 12.3. The van der Waals surface area contributed by atoms with E-state index < -0.39 is 0 Å². The molecule has 1 aliphatic carbocycles. The van der Waals surface area contributed by atoms with Crippen molar-refractivity contribution in [2.45, 2.75) is 13.8 Å². The van der Waals surface area contributed by atoms with Crippen LogP contribution in [0.1, 0.15) is 12.5 Å². The third-order valence-electron chi connectivity index (χ3n) is 3.53. The van der Waals surface area contributed by atoms with Crippen LogP contribution in [-0.2, 0) is 0 Å². The summed E-state index contributed by atoms with van der Waals surface area (Å²) in [6.45, 7) is 4.97. The lowest BCUT2D eigenvalue weighted by atomic mass is 10.1. The van der Waals surface area contributed by atoms with Gasteiger partial charge in [-0.3, -0.25) is 4.99 Å². The summed E-state index contributed by atoms with van der Waals surface area (Å²) in [7, 11) is 4.11. The largest absolute Gasteiger partial charge is 0.378 e. The number of fused-ring (bicyclic) bond motifs is 2. The fourth-order valence-electron chi connectivity index (χ4n) is 2.38. The molecule has 2 aliphatic rings. The third-order valence-corrected chi connectivity index (χ3v) is 4.62. The molecule has 1 heterocycles. The second kappa shape index (κ2) is 5.45. The van der Waals surface area contributed by atoms with Crippen LogP contribution >= 0.6 is 11.3 Å². The van der Waals surface area contributed by atoms with Crippen molar-refractivity contribution in [2.24, 2.45) is 4.99 Å². The zero-order valence-electron chi connectivity index (χ0n) is 12.8. The average Bonchev–Trinajstić information content (AvgIpc) is 2.45. The van der Waals surface area contributed by atoms with Crippen molar-refractivity contribution in [3.8, 4) is 10.6 Å². The molecule has 0 amide bonds. The predicted octanol–water partition coefficient (Wildman–Crippen LogP) is 3.70. The Hall–Kier alpha value is -1.94. The number of nitrogens with zero attached hydrogens (tertiary/aromatic N) is 3.